The quantitative estimate of drug-likeness (QED) is 0.493. The number of ether oxygens (including phenoxy) is 1. The Hall–Kier alpha value is -2.30. The molecule has 2 fully saturated rings. The van der Waals surface area contributed by atoms with Gasteiger partial charge in [-0.2, -0.15) is 9.97 Å². The number of benzene rings is 1. The van der Waals surface area contributed by atoms with Crippen molar-refractivity contribution in [3.8, 4) is 0 Å². The molecular formula is C23H26ClN5O4. The van der Waals surface area contributed by atoms with Gasteiger partial charge < -0.3 is 25.0 Å². The first-order valence-corrected chi connectivity index (χ1v) is 11.7. The number of halogens is 1. The average molecular weight is 472 g/mol. The van der Waals surface area contributed by atoms with E-state index in [-0.39, 0.29) is 10.7 Å². The van der Waals surface area contributed by atoms with Crippen LogP contribution in [0.5, 0.6) is 0 Å². The number of aromatic nitrogens is 4. The Morgan fingerprint density at radius 2 is 2.00 bits per heavy atom. The molecule has 5 atom stereocenters. The summed E-state index contributed by atoms with van der Waals surface area (Å²) in [6.45, 7) is 1.25. The van der Waals surface area contributed by atoms with Crippen molar-refractivity contribution in [3.63, 3.8) is 0 Å². The molecule has 9 nitrogen and oxygen atoms in total. The fourth-order valence-electron chi connectivity index (χ4n) is 5.88. The van der Waals surface area contributed by atoms with Gasteiger partial charge in [0.25, 0.3) is 0 Å². The molecule has 0 saturated carbocycles. The number of hydrogen-bond acceptors (Lipinski definition) is 8. The number of rotatable bonds is 3. The second-order valence-electron chi connectivity index (χ2n) is 9.33. The number of nitrogens with zero attached hydrogens (tertiary/aromatic N) is 5. The third-order valence-electron chi connectivity index (χ3n) is 7.51. The van der Waals surface area contributed by atoms with E-state index in [0.717, 1.165) is 32.4 Å². The Morgan fingerprint density at radius 1 is 1.15 bits per heavy atom. The summed E-state index contributed by atoms with van der Waals surface area (Å²) in [6, 6.07) is 8.73. The summed E-state index contributed by atoms with van der Waals surface area (Å²) in [5, 5.41) is 30.2. The third-order valence-corrected chi connectivity index (χ3v) is 7.68. The van der Waals surface area contributed by atoms with E-state index in [1.54, 1.807) is 4.57 Å². The van der Waals surface area contributed by atoms with Gasteiger partial charge in [-0.05, 0) is 48.4 Å². The Labute approximate surface area is 195 Å². The molecule has 1 spiro atoms. The Morgan fingerprint density at radius 3 is 2.82 bits per heavy atom. The van der Waals surface area contributed by atoms with Gasteiger partial charge in [0, 0.05) is 18.5 Å². The SMILES string of the molecule is OC[C@H]1O[C@@H](n2cnc3c(N4CCC5(CCCc6ccccc65)C4)nc(Cl)nc32)[C@H](O)[C@@H]1O. The van der Waals surface area contributed by atoms with Crippen LogP contribution in [0.4, 0.5) is 5.82 Å². The van der Waals surface area contributed by atoms with Gasteiger partial charge >= 0.3 is 0 Å². The average Bonchev–Trinajstić information content (AvgIpc) is 3.51. The molecular weight excluding hydrogens is 446 g/mol. The van der Waals surface area contributed by atoms with E-state index in [0.29, 0.717) is 17.0 Å². The minimum Gasteiger partial charge on any atom is -0.394 e. The smallest absolute Gasteiger partial charge is 0.226 e. The van der Waals surface area contributed by atoms with Crippen LogP contribution >= 0.6 is 11.6 Å². The van der Waals surface area contributed by atoms with Crippen LogP contribution in [0.2, 0.25) is 5.28 Å². The Balaban J connectivity index is 1.37. The van der Waals surface area contributed by atoms with Crippen LogP contribution in [0, 0.1) is 0 Å². The number of imidazole rings is 1. The second-order valence-corrected chi connectivity index (χ2v) is 9.67. The molecule has 2 aromatic heterocycles. The van der Waals surface area contributed by atoms with Crippen LogP contribution < -0.4 is 4.90 Å². The minimum absolute atomic E-state index is 0.0796. The van der Waals surface area contributed by atoms with Crippen molar-refractivity contribution in [2.75, 3.05) is 24.6 Å². The van der Waals surface area contributed by atoms with Crippen LogP contribution in [0.15, 0.2) is 30.6 Å². The molecule has 1 aromatic carbocycles. The fourth-order valence-corrected chi connectivity index (χ4v) is 6.04. The third kappa shape index (κ3) is 3.25. The highest BCUT2D eigenvalue weighted by Gasteiger charge is 2.45. The highest BCUT2D eigenvalue weighted by molar-refractivity contribution is 6.28. The predicted octanol–water partition coefficient (Wildman–Crippen LogP) is 1.58. The van der Waals surface area contributed by atoms with Crippen molar-refractivity contribution >= 4 is 28.6 Å². The van der Waals surface area contributed by atoms with Crippen molar-refractivity contribution in [2.24, 2.45) is 0 Å². The van der Waals surface area contributed by atoms with Crippen molar-refractivity contribution in [1.82, 2.24) is 19.5 Å². The van der Waals surface area contributed by atoms with Crippen LogP contribution in [0.25, 0.3) is 11.2 Å². The highest BCUT2D eigenvalue weighted by Crippen LogP contribution is 2.45. The maximum atomic E-state index is 10.5. The lowest BCUT2D eigenvalue weighted by Crippen LogP contribution is -2.35. The molecule has 33 heavy (non-hydrogen) atoms. The summed E-state index contributed by atoms with van der Waals surface area (Å²) in [6.07, 6.45) is 1.72. The number of hydrogen-bond donors (Lipinski definition) is 3. The lowest BCUT2D eigenvalue weighted by Gasteiger charge is -2.36. The summed E-state index contributed by atoms with van der Waals surface area (Å²) in [4.78, 5) is 15.7. The molecule has 1 aliphatic carbocycles. The number of fused-ring (bicyclic) bond motifs is 3. The molecule has 6 rings (SSSR count). The largest absolute Gasteiger partial charge is 0.394 e. The van der Waals surface area contributed by atoms with E-state index in [9.17, 15) is 15.3 Å². The topological polar surface area (TPSA) is 117 Å². The van der Waals surface area contributed by atoms with E-state index < -0.39 is 31.1 Å². The standard InChI is InChI=1S/C23H26ClN5O4/c24-22-26-19(28-9-8-23(11-28)7-3-5-13-4-1-2-6-14(13)23)16-20(27-22)29(12-25-16)21-18(32)17(31)15(10-30)33-21/h1-2,4,6,12,15,17-18,21,30-32H,3,5,7-11H2/t15-,17-,18-,21-,23?/m1/s1. The molecule has 174 valence electrons. The van der Waals surface area contributed by atoms with Gasteiger partial charge in [-0.1, -0.05) is 24.3 Å². The maximum Gasteiger partial charge on any atom is 0.226 e. The van der Waals surface area contributed by atoms with Crippen molar-refractivity contribution in [1.29, 1.82) is 0 Å². The predicted molar refractivity (Wildman–Crippen MR) is 121 cm³/mol. The molecule has 3 aliphatic rings. The zero-order chi connectivity index (χ0) is 22.7. The molecule has 2 saturated heterocycles. The normalized spacial score (nSPS) is 31.6. The van der Waals surface area contributed by atoms with Gasteiger partial charge in [-0.15, -0.1) is 0 Å². The van der Waals surface area contributed by atoms with E-state index in [1.807, 2.05) is 0 Å². The summed E-state index contributed by atoms with van der Waals surface area (Å²) in [5.41, 5.74) is 3.95. The molecule has 0 amide bonds. The maximum absolute atomic E-state index is 10.5. The first kappa shape index (κ1) is 21.2. The van der Waals surface area contributed by atoms with Gasteiger partial charge in [0.1, 0.15) is 18.3 Å². The van der Waals surface area contributed by atoms with Gasteiger partial charge in [0.15, 0.2) is 23.2 Å². The lowest BCUT2D eigenvalue weighted by atomic mass is 9.69. The van der Waals surface area contributed by atoms with E-state index >= 15 is 0 Å². The molecule has 10 heteroatoms. The van der Waals surface area contributed by atoms with Gasteiger partial charge in [0.05, 0.1) is 12.9 Å². The molecule has 3 N–H and O–H groups in total. The van der Waals surface area contributed by atoms with Crippen molar-refractivity contribution in [3.05, 3.63) is 47.0 Å². The Kier molecular flexibility index (Phi) is 5.08. The fraction of sp³-hybridized carbons (Fsp3) is 0.522. The summed E-state index contributed by atoms with van der Waals surface area (Å²) < 4.78 is 7.23. The van der Waals surface area contributed by atoms with Crippen molar-refractivity contribution in [2.45, 2.75) is 55.6 Å². The molecule has 4 heterocycles. The number of aliphatic hydroxyl groups is 3. The first-order valence-electron chi connectivity index (χ1n) is 11.4. The zero-order valence-electron chi connectivity index (χ0n) is 18.0. The summed E-state index contributed by atoms with van der Waals surface area (Å²) >= 11 is 6.33. The highest BCUT2D eigenvalue weighted by atomic mass is 35.5. The number of aliphatic hydroxyl groups excluding tert-OH is 3. The van der Waals surface area contributed by atoms with Gasteiger partial charge in [-0.3, -0.25) is 4.57 Å². The van der Waals surface area contributed by atoms with Crippen LogP contribution in [0.1, 0.15) is 36.6 Å². The van der Waals surface area contributed by atoms with E-state index in [4.69, 9.17) is 16.3 Å². The monoisotopic (exact) mass is 471 g/mol. The van der Waals surface area contributed by atoms with E-state index in [1.165, 1.54) is 23.9 Å². The van der Waals surface area contributed by atoms with Crippen LogP contribution in [-0.2, 0) is 16.6 Å². The second kappa shape index (κ2) is 7.89. The molecule has 2 aliphatic heterocycles. The zero-order valence-corrected chi connectivity index (χ0v) is 18.8. The minimum atomic E-state index is -1.23. The lowest BCUT2D eigenvalue weighted by molar-refractivity contribution is -0.0511. The van der Waals surface area contributed by atoms with Gasteiger partial charge in [0.2, 0.25) is 5.28 Å². The summed E-state index contributed by atoms with van der Waals surface area (Å²) in [5.74, 6) is 0.662. The van der Waals surface area contributed by atoms with Crippen LogP contribution in [-0.4, -0.2) is 72.8 Å². The molecule has 1 unspecified atom stereocenters. The Bertz CT molecular complexity index is 1200. The van der Waals surface area contributed by atoms with Crippen molar-refractivity contribution < 1.29 is 20.1 Å². The molecule has 0 bridgehead atoms. The van der Waals surface area contributed by atoms with Gasteiger partial charge in [-0.25, -0.2) is 4.98 Å². The van der Waals surface area contributed by atoms with E-state index in [2.05, 4.69) is 44.1 Å². The van der Waals surface area contributed by atoms with Crippen LogP contribution in [0.3, 0.4) is 0 Å². The molecule has 3 aromatic rings. The number of anilines is 1. The first-order chi connectivity index (χ1) is 16.0. The number of aryl methyl sites for hydroxylation is 1. The summed E-state index contributed by atoms with van der Waals surface area (Å²) in [7, 11) is 0. The molecule has 0 radical (unpaired) electrons.